The van der Waals surface area contributed by atoms with Crippen LogP contribution in [0.5, 0.6) is 0 Å². The topological polar surface area (TPSA) is 49.3 Å². The van der Waals surface area contributed by atoms with Crippen LogP contribution in [0.25, 0.3) is 0 Å². The molecule has 1 aliphatic rings. The number of rotatable bonds is 6. The van der Waals surface area contributed by atoms with E-state index in [1.165, 1.54) is 5.56 Å². The summed E-state index contributed by atoms with van der Waals surface area (Å²) < 4.78 is 0. The molecule has 1 fully saturated rings. The third kappa shape index (κ3) is 6.81. The fraction of sp³-hybridized carbons (Fsp3) is 0.588. The summed E-state index contributed by atoms with van der Waals surface area (Å²) in [6.45, 7) is 0.959. The van der Waals surface area contributed by atoms with Crippen molar-refractivity contribution in [1.82, 2.24) is 5.32 Å². The number of aliphatic carboxylic acids is 1. The first-order chi connectivity index (χ1) is 10.2. The quantitative estimate of drug-likeness (QED) is 0.789. The van der Waals surface area contributed by atoms with Gasteiger partial charge in [0.25, 0.3) is 0 Å². The van der Waals surface area contributed by atoms with Gasteiger partial charge in [-0.05, 0) is 31.4 Å². The van der Waals surface area contributed by atoms with Crippen LogP contribution in [0.3, 0.4) is 0 Å². The maximum atomic E-state index is 10.7. The standard InChI is InChI=1S/C9H15BO2.C8H11N/c10-6-2-4-7-3-1-5-8(7)9(11)12;1-9-7-8-5-3-2-4-6-8/h7-8H,1-6H2,(H,11,12);2-6,9H,7H2,1H3. The van der Waals surface area contributed by atoms with Crippen molar-refractivity contribution >= 4 is 13.8 Å². The molecule has 0 aliphatic heterocycles. The van der Waals surface area contributed by atoms with Gasteiger partial charge in [-0.3, -0.25) is 4.79 Å². The van der Waals surface area contributed by atoms with Crippen LogP contribution < -0.4 is 5.32 Å². The highest BCUT2D eigenvalue weighted by Crippen LogP contribution is 2.35. The van der Waals surface area contributed by atoms with Crippen LogP contribution in [0, 0.1) is 11.8 Å². The van der Waals surface area contributed by atoms with Crippen molar-refractivity contribution in [2.75, 3.05) is 7.05 Å². The zero-order valence-electron chi connectivity index (χ0n) is 12.9. The number of benzene rings is 1. The summed E-state index contributed by atoms with van der Waals surface area (Å²) in [6.07, 6.45) is 5.67. The van der Waals surface area contributed by atoms with E-state index < -0.39 is 5.97 Å². The number of nitrogens with one attached hydrogen (secondary N) is 1. The molecule has 0 saturated heterocycles. The number of carboxylic acids is 1. The van der Waals surface area contributed by atoms with E-state index in [9.17, 15) is 4.79 Å². The molecule has 0 spiro atoms. The molecule has 3 nitrogen and oxygen atoms in total. The van der Waals surface area contributed by atoms with Crippen molar-refractivity contribution < 1.29 is 9.90 Å². The Morgan fingerprint density at radius 1 is 1.33 bits per heavy atom. The van der Waals surface area contributed by atoms with E-state index in [4.69, 9.17) is 13.0 Å². The lowest BCUT2D eigenvalue weighted by atomic mass is 9.88. The molecule has 4 heteroatoms. The Morgan fingerprint density at radius 2 is 2.05 bits per heavy atom. The van der Waals surface area contributed by atoms with Crippen LogP contribution in [0.1, 0.15) is 37.7 Å². The molecular weight excluding hydrogens is 261 g/mol. The first-order valence-corrected chi connectivity index (χ1v) is 7.80. The summed E-state index contributed by atoms with van der Waals surface area (Å²) in [6, 6.07) is 10.3. The summed E-state index contributed by atoms with van der Waals surface area (Å²) in [5.74, 6) is -0.308. The average Bonchev–Trinajstić information content (AvgIpc) is 2.96. The molecule has 21 heavy (non-hydrogen) atoms. The minimum atomic E-state index is -0.616. The zero-order chi connectivity index (χ0) is 15.5. The Hall–Kier alpha value is -1.29. The molecule has 1 saturated carbocycles. The summed E-state index contributed by atoms with van der Waals surface area (Å²) in [7, 11) is 7.33. The van der Waals surface area contributed by atoms with Crippen LogP contribution in [0.4, 0.5) is 0 Å². The highest BCUT2D eigenvalue weighted by atomic mass is 16.4. The van der Waals surface area contributed by atoms with E-state index in [1.54, 1.807) is 0 Å². The minimum Gasteiger partial charge on any atom is -0.481 e. The van der Waals surface area contributed by atoms with Gasteiger partial charge in [0.15, 0.2) is 0 Å². The van der Waals surface area contributed by atoms with E-state index in [0.717, 1.165) is 38.6 Å². The van der Waals surface area contributed by atoms with Crippen molar-refractivity contribution in [1.29, 1.82) is 0 Å². The van der Waals surface area contributed by atoms with Gasteiger partial charge in [-0.2, -0.15) is 0 Å². The Morgan fingerprint density at radius 3 is 2.62 bits per heavy atom. The molecule has 1 aromatic rings. The molecule has 2 rings (SSSR count). The Bertz CT molecular complexity index is 397. The normalized spacial score (nSPS) is 20.6. The van der Waals surface area contributed by atoms with Crippen molar-refractivity contribution in [3.63, 3.8) is 0 Å². The molecule has 1 aliphatic carbocycles. The van der Waals surface area contributed by atoms with Gasteiger partial charge in [-0.15, -0.1) is 0 Å². The largest absolute Gasteiger partial charge is 0.481 e. The predicted octanol–water partition coefficient (Wildman–Crippen LogP) is 3.26. The van der Waals surface area contributed by atoms with Gasteiger partial charge in [0.05, 0.1) is 13.8 Å². The highest BCUT2D eigenvalue weighted by Gasteiger charge is 2.31. The molecule has 0 amide bonds. The minimum absolute atomic E-state index is 0.0865. The van der Waals surface area contributed by atoms with Crippen LogP contribution in [0.15, 0.2) is 30.3 Å². The van der Waals surface area contributed by atoms with Gasteiger partial charge in [-0.25, -0.2) is 0 Å². The van der Waals surface area contributed by atoms with Gasteiger partial charge in [-0.1, -0.05) is 55.9 Å². The monoisotopic (exact) mass is 287 g/mol. The van der Waals surface area contributed by atoms with Crippen molar-refractivity contribution in [2.24, 2.45) is 11.8 Å². The number of carboxylic acid groups (broad SMARTS) is 1. The van der Waals surface area contributed by atoms with E-state index in [1.807, 2.05) is 25.2 Å². The van der Waals surface area contributed by atoms with E-state index >= 15 is 0 Å². The first kappa shape index (κ1) is 17.8. The molecule has 0 aromatic heterocycles. The average molecular weight is 287 g/mol. The second-order valence-corrected chi connectivity index (χ2v) is 5.58. The third-order valence-electron chi connectivity index (χ3n) is 3.98. The number of carbonyl (C=O) groups is 1. The maximum Gasteiger partial charge on any atom is 0.306 e. The first-order valence-electron chi connectivity index (χ1n) is 7.80. The predicted molar refractivity (Wildman–Crippen MR) is 87.5 cm³/mol. The Balaban J connectivity index is 0.000000219. The Kier molecular flexibility index (Phi) is 8.83. The molecule has 2 radical (unpaired) electrons. The van der Waals surface area contributed by atoms with Gasteiger partial charge in [0.2, 0.25) is 0 Å². The summed E-state index contributed by atoms with van der Waals surface area (Å²) in [5, 5.41) is 11.9. The van der Waals surface area contributed by atoms with E-state index in [0.29, 0.717) is 12.2 Å². The second-order valence-electron chi connectivity index (χ2n) is 5.58. The van der Waals surface area contributed by atoms with Crippen molar-refractivity contribution in [3.05, 3.63) is 35.9 Å². The van der Waals surface area contributed by atoms with Gasteiger partial charge < -0.3 is 10.4 Å². The van der Waals surface area contributed by atoms with E-state index in [-0.39, 0.29) is 5.92 Å². The summed E-state index contributed by atoms with van der Waals surface area (Å²) in [5.41, 5.74) is 1.33. The van der Waals surface area contributed by atoms with Gasteiger partial charge in [0.1, 0.15) is 0 Å². The lowest BCUT2D eigenvalue weighted by Gasteiger charge is -2.14. The van der Waals surface area contributed by atoms with Crippen molar-refractivity contribution in [3.8, 4) is 0 Å². The second kappa shape index (κ2) is 10.4. The molecule has 2 atom stereocenters. The number of hydrogen-bond acceptors (Lipinski definition) is 2. The number of hydrogen-bond donors (Lipinski definition) is 2. The fourth-order valence-electron chi connectivity index (χ4n) is 2.89. The third-order valence-corrected chi connectivity index (χ3v) is 3.98. The molecule has 0 bridgehead atoms. The SMILES string of the molecule is CNCc1ccccc1.[B]CCCC1CCCC1C(=O)O. The molecule has 2 N–H and O–H groups in total. The van der Waals surface area contributed by atoms with Crippen LogP contribution in [-0.4, -0.2) is 26.0 Å². The summed E-state index contributed by atoms with van der Waals surface area (Å²) in [4.78, 5) is 10.7. The van der Waals surface area contributed by atoms with E-state index in [2.05, 4.69) is 17.4 Å². The molecule has 1 aromatic carbocycles. The van der Waals surface area contributed by atoms with Crippen LogP contribution in [-0.2, 0) is 11.3 Å². The lowest BCUT2D eigenvalue weighted by molar-refractivity contribution is -0.143. The highest BCUT2D eigenvalue weighted by molar-refractivity contribution is 6.08. The molecular formula is C17H26BNO2. The maximum absolute atomic E-state index is 10.7. The lowest BCUT2D eigenvalue weighted by Crippen LogP contribution is -2.18. The van der Waals surface area contributed by atoms with Gasteiger partial charge in [0, 0.05) is 6.54 Å². The zero-order valence-corrected chi connectivity index (χ0v) is 12.9. The fourth-order valence-corrected chi connectivity index (χ4v) is 2.89. The molecule has 2 unspecified atom stereocenters. The van der Waals surface area contributed by atoms with Gasteiger partial charge >= 0.3 is 5.97 Å². The van der Waals surface area contributed by atoms with Crippen LogP contribution in [0.2, 0.25) is 6.32 Å². The smallest absolute Gasteiger partial charge is 0.306 e. The molecule has 114 valence electrons. The summed E-state index contributed by atoms with van der Waals surface area (Å²) >= 11 is 0. The molecule has 0 heterocycles. The Labute approximate surface area is 129 Å². The van der Waals surface area contributed by atoms with Crippen LogP contribution >= 0.6 is 0 Å². The van der Waals surface area contributed by atoms with Crippen molar-refractivity contribution in [2.45, 2.75) is 45.0 Å².